The molecule has 0 fully saturated rings. The highest BCUT2D eigenvalue weighted by atomic mass is 79.9. The Morgan fingerprint density at radius 1 is 1.21 bits per heavy atom. The smallest absolute Gasteiger partial charge is 0.162 e. The maximum absolute atomic E-state index is 13.5. The number of halogens is 1. The molecule has 0 spiro atoms. The second-order valence-corrected chi connectivity index (χ2v) is 9.83. The number of Topliss-reactive ketones (excluding diaryl/α,β-unsaturated/α-hetero) is 1. The van der Waals surface area contributed by atoms with E-state index < -0.39 is 5.92 Å². The number of nitrogens with two attached hydrogens (primary N) is 1. The van der Waals surface area contributed by atoms with Crippen molar-refractivity contribution in [2.75, 3.05) is 33.5 Å². The molecule has 2 N–H and O–H groups in total. The molecule has 7 nitrogen and oxygen atoms in total. The lowest BCUT2D eigenvalue weighted by atomic mass is 9.68. The SMILES string of the molecule is CCOc1cc(Br)c([C@H]2C(C#N)=C(N)N(CCOC)C3=C2C(=O)CC(C)(C)C3)cc1OCC. The zero-order valence-corrected chi connectivity index (χ0v) is 21.5. The van der Waals surface area contributed by atoms with Crippen molar-refractivity contribution in [3.8, 4) is 17.6 Å². The highest BCUT2D eigenvalue weighted by molar-refractivity contribution is 9.10. The maximum atomic E-state index is 13.5. The Balaban J connectivity index is 2.26. The Kier molecular flexibility index (Phi) is 7.76. The Bertz CT molecular complexity index is 1040. The number of ether oxygens (including phenoxy) is 3. The van der Waals surface area contributed by atoms with Crippen LogP contribution in [0.15, 0.2) is 39.3 Å². The molecular weight excluding hydrogens is 486 g/mol. The molecule has 0 bridgehead atoms. The predicted molar refractivity (Wildman–Crippen MR) is 130 cm³/mol. The van der Waals surface area contributed by atoms with Crippen molar-refractivity contribution in [3.63, 3.8) is 0 Å². The van der Waals surface area contributed by atoms with Gasteiger partial charge in [0.1, 0.15) is 5.82 Å². The number of carbonyl (C=O) groups excluding carboxylic acids is 1. The van der Waals surface area contributed by atoms with Gasteiger partial charge in [-0.3, -0.25) is 4.79 Å². The number of hydrogen-bond acceptors (Lipinski definition) is 7. The third kappa shape index (κ3) is 4.90. The van der Waals surface area contributed by atoms with Crippen LogP contribution in [0.25, 0.3) is 0 Å². The number of ketones is 1. The topological polar surface area (TPSA) is 97.8 Å². The standard InChI is InChI=1S/C25H32BrN3O4/c1-6-32-20-10-15(17(26)11-21(20)33-7-2)22-16(14-27)24(28)29(8-9-31-5)18-12-25(3,4)13-19(30)23(18)22/h10-11,22H,6-9,12-13,28H2,1-5H3/t22-/m0/s1. The molecule has 0 aromatic heterocycles. The normalized spacial score (nSPS) is 20.0. The lowest BCUT2D eigenvalue weighted by Gasteiger charge is -2.44. The van der Waals surface area contributed by atoms with Crippen LogP contribution in [0.2, 0.25) is 0 Å². The first kappa shape index (κ1) is 25.1. The summed E-state index contributed by atoms with van der Waals surface area (Å²) in [6, 6.07) is 5.99. The van der Waals surface area contributed by atoms with Crippen LogP contribution in [0.1, 0.15) is 52.0 Å². The van der Waals surface area contributed by atoms with Gasteiger partial charge < -0.3 is 24.8 Å². The van der Waals surface area contributed by atoms with E-state index in [0.717, 1.165) is 15.7 Å². The van der Waals surface area contributed by atoms with Gasteiger partial charge in [-0.1, -0.05) is 29.8 Å². The Hall–Kier alpha value is -2.50. The van der Waals surface area contributed by atoms with Crippen molar-refractivity contribution in [1.82, 2.24) is 4.90 Å². The van der Waals surface area contributed by atoms with Crippen molar-refractivity contribution >= 4 is 21.7 Å². The van der Waals surface area contributed by atoms with Crippen LogP contribution in [0.5, 0.6) is 11.5 Å². The van der Waals surface area contributed by atoms with Crippen LogP contribution in [-0.2, 0) is 9.53 Å². The molecular formula is C25H32BrN3O4. The van der Waals surface area contributed by atoms with E-state index in [1.807, 2.05) is 30.9 Å². The third-order valence-electron chi connectivity index (χ3n) is 5.98. The molecule has 1 aliphatic heterocycles. The van der Waals surface area contributed by atoms with E-state index in [0.29, 0.717) is 67.7 Å². The molecule has 178 valence electrons. The molecule has 2 aliphatic rings. The van der Waals surface area contributed by atoms with E-state index in [1.54, 1.807) is 7.11 Å². The third-order valence-corrected chi connectivity index (χ3v) is 6.67. The average molecular weight is 518 g/mol. The minimum absolute atomic E-state index is 0.0349. The van der Waals surface area contributed by atoms with Crippen molar-refractivity contribution in [1.29, 1.82) is 5.26 Å². The van der Waals surface area contributed by atoms with Crippen molar-refractivity contribution < 1.29 is 19.0 Å². The van der Waals surface area contributed by atoms with Gasteiger partial charge in [0.2, 0.25) is 0 Å². The number of nitrogens with zero attached hydrogens (tertiary/aromatic N) is 2. The number of allylic oxidation sites excluding steroid dienone is 3. The van der Waals surface area contributed by atoms with Crippen molar-refractivity contribution in [3.05, 3.63) is 44.8 Å². The highest BCUT2D eigenvalue weighted by Gasteiger charge is 2.44. The molecule has 0 radical (unpaired) electrons. The summed E-state index contributed by atoms with van der Waals surface area (Å²) in [5.41, 5.74) is 8.98. The molecule has 1 aromatic rings. The summed E-state index contributed by atoms with van der Waals surface area (Å²) in [6.07, 6.45) is 1.09. The summed E-state index contributed by atoms with van der Waals surface area (Å²) in [5, 5.41) is 10.2. The Labute approximate surface area is 204 Å². The predicted octanol–water partition coefficient (Wildman–Crippen LogP) is 4.63. The van der Waals surface area contributed by atoms with Gasteiger partial charge in [0.05, 0.1) is 37.4 Å². The number of benzene rings is 1. The van der Waals surface area contributed by atoms with Crippen LogP contribution in [-0.4, -0.2) is 44.2 Å². The van der Waals surface area contributed by atoms with E-state index in [9.17, 15) is 10.1 Å². The molecule has 1 heterocycles. The van der Waals surface area contributed by atoms with Crippen molar-refractivity contribution in [2.45, 2.75) is 46.5 Å². The van der Waals surface area contributed by atoms with Crippen LogP contribution in [0.3, 0.4) is 0 Å². The summed E-state index contributed by atoms with van der Waals surface area (Å²) < 4.78 is 17.6. The van der Waals surface area contributed by atoms with E-state index in [-0.39, 0.29) is 11.2 Å². The molecule has 1 aromatic carbocycles. The fourth-order valence-electron chi connectivity index (χ4n) is 4.63. The zero-order chi connectivity index (χ0) is 24.3. The van der Waals surface area contributed by atoms with Crippen molar-refractivity contribution in [2.24, 2.45) is 11.1 Å². The Morgan fingerprint density at radius 3 is 2.42 bits per heavy atom. The largest absolute Gasteiger partial charge is 0.490 e. The number of methoxy groups -OCH3 is 1. The number of hydrogen-bond donors (Lipinski definition) is 1. The molecule has 1 atom stereocenters. The number of carbonyl (C=O) groups is 1. The Morgan fingerprint density at radius 2 is 1.85 bits per heavy atom. The van der Waals surface area contributed by atoms with Gasteiger partial charge in [0.15, 0.2) is 17.3 Å². The molecule has 33 heavy (non-hydrogen) atoms. The van der Waals surface area contributed by atoms with Crippen LogP contribution >= 0.6 is 15.9 Å². The first-order valence-corrected chi connectivity index (χ1v) is 12.0. The fraction of sp³-hybridized carbons (Fsp3) is 0.520. The maximum Gasteiger partial charge on any atom is 0.162 e. The first-order chi connectivity index (χ1) is 15.7. The van der Waals surface area contributed by atoms with Gasteiger partial charge in [0, 0.05) is 35.8 Å². The van der Waals surface area contributed by atoms with Gasteiger partial charge in [-0.2, -0.15) is 5.26 Å². The van der Waals surface area contributed by atoms with E-state index in [1.165, 1.54) is 0 Å². The van der Waals surface area contributed by atoms with E-state index in [2.05, 4.69) is 35.8 Å². The summed E-state index contributed by atoms with van der Waals surface area (Å²) in [5.74, 6) is 0.987. The second-order valence-electron chi connectivity index (χ2n) is 8.98. The second kappa shape index (κ2) is 10.2. The van der Waals surface area contributed by atoms with Crippen LogP contribution in [0, 0.1) is 16.7 Å². The van der Waals surface area contributed by atoms with Crippen LogP contribution < -0.4 is 15.2 Å². The fourth-order valence-corrected chi connectivity index (χ4v) is 5.18. The molecule has 3 rings (SSSR count). The highest BCUT2D eigenvalue weighted by Crippen LogP contribution is 2.51. The summed E-state index contributed by atoms with van der Waals surface area (Å²) >= 11 is 3.65. The molecule has 0 saturated heterocycles. The van der Waals surface area contributed by atoms with Gasteiger partial charge in [-0.05, 0) is 43.4 Å². The number of nitriles is 1. The minimum Gasteiger partial charge on any atom is -0.490 e. The summed E-state index contributed by atoms with van der Waals surface area (Å²) in [6.45, 7) is 9.81. The molecule has 1 aliphatic carbocycles. The molecule has 0 unspecified atom stereocenters. The molecule has 8 heteroatoms. The van der Waals surface area contributed by atoms with E-state index in [4.69, 9.17) is 19.9 Å². The lowest BCUT2D eigenvalue weighted by Crippen LogP contribution is -2.43. The van der Waals surface area contributed by atoms with Gasteiger partial charge in [-0.25, -0.2) is 0 Å². The minimum atomic E-state index is -0.586. The van der Waals surface area contributed by atoms with Gasteiger partial charge >= 0.3 is 0 Å². The van der Waals surface area contributed by atoms with Gasteiger partial charge in [0.25, 0.3) is 0 Å². The zero-order valence-electron chi connectivity index (χ0n) is 20.0. The number of rotatable bonds is 8. The van der Waals surface area contributed by atoms with Crippen LogP contribution in [0.4, 0.5) is 0 Å². The molecule has 0 amide bonds. The first-order valence-electron chi connectivity index (χ1n) is 11.2. The quantitative estimate of drug-likeness (QED) is 0.536. The summed E-state index contributed by atoms with van der Waals surface area (Å²) in [4.78, 5) is 15.4. The van der Waals surface area contributed by atoms with E-state index >= 15 is 0 Å². The average Bonchev–Trinajstić information content (AvgIpc) is 2.74. The monoisotopic (exact) mass is 517 g/mol. The van der Waals surface area contributed by atoms with Gasteiger partial charge in [-0.15, -0.1) is 0 Å². The summed E-state index contributed by atoms with van der Waals surface area (Å²) in [7, 11) is 1.62. The lowest BCUT2D eigenvalue weighted by molar-refractivity contribution is -0.118. The molecule has 0 saturated carbocycles.